The maximum atomic E-state index is 12.4. The third-order valence-electron chi connectivity index (χ3n) is 7.04. The van der Waals surface area contributed by atoms with Gasteiger partial charge < -0.3 is 24.4 Å². The van der Waals surface area contributed by atoms with E-state index in [-0.39, 0.29) is 18.1 Å². The molecule has 7 nitrogen and oxygen atoms in total. The van der Waals surface area contributed by atoms with Gasteiger partial charge in [-0.1, -0.05) is 19.6 Å². The van der Waals surface area contributed by atoms with Crippen LogP contribution in [0.5, 0.6) is 0 Å². The molecule has 7 heteroatoms. The number of rotatable bonds is 3. The van der Waals surface area contributed by atoms with Crippen LogP contribution in [-0.2, 0) is 23.8 Å². The number of hydrogen-bond acceptors (Lipinski definition) is 7. The van der Waals surface area contributed by atoms with Crippen molar-refractivity contribution in [3.05, 3.63) is 23.8 Å². The Bertz CT molecular complexity index is 722. The zero-order chi connectivity index (χ0) is 19.6. The fourth-order valence-corrected chi connectivity index (χ4v) is 5.59. The standard InChI is InChI=1S/C20H26O7/c1-4-11(8-21)18(24)26-13-5-6-20(9-25-20)16-15-14(10(2)17(23)27-15)12(22)7-19(13,16)3/h4,12-16,21-22H,2,5-9H2,1,3H3/b11-4-/t12-,13-,14+,15-,16+,19-,20+/m0/s1. The Morgan fingerprint density at radius 2 is 2.19 bits per heavy atom. The summed E-state index contributed by atoms with van der Waals surface area (Å²) in [5.41, 5.74) is -0.495. The Labute approximate surface area is 158 Å². The summed E-state index contributed by atoms with van der Waals surface area (Å²) in [6.45, 7) is 7.65. The Morgan fingerprint density at radius 1 is 1.48 bits per heavy atom. The Balaban J connectivity index is 1.68. The normalized spacial score (nSPS) is 45.9. The first kappa shape index (κ1) is 18.7. The van der Waals surface area contributed by atoms with Crippen LogP contribution in [0.2, 0.25) is 0 Å². The predicted molar refractivity (Wildman–Crippen MR) is 93.4 cm³/mol. The van der Waals surface area contributed by atoms with E-state index >= 15 is 0 Å². The van der Waals surface area contributed by atoms with Crippen molar-refractivity contribution in [1.82, 2.24) is 0 Å². The molecule has 0 amide bonds. The summed E-state index contributed by atoms with van der Waals surface area (Å²) in [7, 11) is 0. The lowest BCUT2D eigenvalue weighted by Gasteiger charge is -2.56. The number of carbonyl (C=O) groups excluding carboxylic acids is 2. The third-order valence-corrected chi connectivity index (χ3v) is 7.04. The third kappa shape index (κ3) is 2.59. The van der Waals surface area contributed by atoms with E-state index in [2.05, 4.69) is 6.58 Å². The maximum Gasteiger partial charge on any atom is 0.336 e. The van der Waals surface area contributed by atoms with Crippen molar-refractivity contribution in [2.24, 2.45) is 17.3 Å². The molecular weight excluding hydrogens is 352 g/mol. The average Bonchev–Trinajstić information content (AvgIpc) is 3.31. The molecule has 0 aromatic carbocycles. The zero-order valence-electron chi connectivity index (χ0n) is 15.6. The average molecular weight is 378 g/mol. The predicted octanol–water partition coefficient (Wildman–Crippen LogP) is 0.884. The second-order valence-corrected chi connectivity index (χ2v) is 8.43. The van der Waals surface area contributed by atoms with Crippen LogP contribution >= 0.6 is 0 Å². The summed E-state index contributed by atoms with van der Waals surface area (Å²) in [4.78, 5) is 24.6. The van der Waals surface area contributed by atoms with E-state index in [1.807, 2.05) is 6.92 Å². The van der Waals surface area contributed by atoms with Crippen molar-refractivity contribution in [1.29, 1.82) is 0 Å². The van der Waals surface area contributed by atoms with E-state index in [9.17, 15) is 19.8 Å². The maximum absolute atomic E-state index is 12.4. The number of aliphatic hydroxyl groups excluding tert-OH is 2. The van der Waals surface area contributed by atoms with Crippen molar-refractivity contribution in [2.45, 2.75) is 57.0 Å². The molecule has 2 heterocycles. The molecule has 0 aromatic heterocycles. The quantitative estimate of drug-likeness (QED) is 0.427. The summed E-state index contributed by atoms with van der Waals surface area (Å²) in [6.07, 6.45) is 1.40. The first-order chi connectivity index (χ1) is 12.8. The number of epoxide rings is 1. The molecule has 27 heavy (non-hydrogen) atoms. The molecule has 2 aliphatic heterocycles. The summed E-state index contributed by atoms with van der Waals surface area (Å²) in [5, 5.41) is 20.1. The van der Waals surface area contributed by atoms with Gasteiger partial charge in [-0.05, 0) is 26.2 Å². The van der Waals surface area contributed by atoms with Crippen LogP contribution in [-0.4, -0.2) is 59.3 Å². The van der Waals surface area contributed by atoms with Crippen LogP contribution in [0.25, 0.3) is 0 Å². The van der Waals surface area contributed by atoms with Crippen LogP contribution in [0.4, 0.5) is 0 Å². The van der Waals surface area contributed by atoms with Gasteiger partial charge in [0.2, 0.25) is 0 Å². The number of fused-ring (bicyclic) bond motifs is 4. The summed E-state index contributed by atoms with van der Waals surface area (Å²) in [5.74, 6) is -1.66. The van der Waals surface area contributed by atoms with Crippen molar-refractivity contribution < 1.29 is 34.0 Å². The number of aliphatic hydroxyl groups is 2. The van der Waals surface area contributed by atoms with Crippen molar-refractivity contribution in [3.63, 3.8) is 0 Å². The second-order valence-electron chi connectivity index (χ2n) is 8.43. The fourth-order valence-electron chi connectivity index (χ4n) is 5.59. The molecule has 2 saturated carbocycles. The highest BCUT2D eigenvalue weighted by Crippen LogP contribution is 2.63. The highest BCUT2D eigenvalue weighted by atomic mass is 16.6. The van der Waals surface area contributed by atoms with Gasteiger partial charge in [0.1, 0.15) is 12.2 Å². The van der Waals surface area contributed by atoms with E-state index < -0.39 is 47.2 Å². The van der Waals surface area contributed by atoms with Crippen molar-refractivity contribution >= 4 is 11.9 Å². The van der Waals surface area contributed by atoms with Gasteiger partial charge in [-0.15, -0.1) is 0 Å². The number of allylic oxidation sites excluding steroid dienone is 1. The molecule has 4 rings (SSSR count). The van der Waals surface area contributed by atoms with Crippen molar-refractivity contribution in [3.8, 4) is 0 Å². The lowest BCUT2D eigenvalue weighted by atomic mass is 9.51. The van der Waals surface area contributed by atoms with E-state index in [0.29, 0.717) is 31.4 Å². The van der Waals surface area contributed by atoms with E-state index in [1.54, 1.807) is 6.92 Å². The number of carbonyl (C=O) groups is 2. The fraction of sp³-hybridized carbons (Fsp3) is 0.700. The molecule has 1 spiro atoms. The van der Waals surface area contributed by atoms with Gasteiger partial charge >= 0.3 is 11.9 Å². The van der Waals surface area contributed by atoms with E-state index in [0.717, 1.165) is 0 Å². The number of esters is 2. The monoisotopic (exact) mass is 378 g/mol. The Hall–Kier alpha value is -1.70. The minimum atomic E-state index is -0.802. The molecule has 2 N–H and O–H groups in total. The number of ether oxygens (including phenoxy) is 3. The number of hydrogen-bond donors (Lipinski definition) is 2. The topological polar surface area (TPSA) is 106 Å². The molecule has 0 aromatic rings. The van der Waals surface area contributed by atoms with Gasteiger partial charge in [-0.2, -0.15) is 0 Å². The minimum absolute atomic E-state index is 0.184. The molecule has 2 aliphatic carbocycles. The SMILES string of the molecule is C=C1C(=O)O[C@H]2[C@H]1[C@@H](O)C[C@@]1(C)[C@@H](OC(=O)/C(=C\C)CO)CC[C@@]3(CO3)[C@H]21. The molecule has 4 fully saturated rings. The Kier molecular flexibility index (Phi) is 4.25. The van der Waals surface area contributed by atoms with Gasteiger partial charge in [-0.3, -0.25) is 0 Å². The Morgan fingerprint density at radius 3 is 2.78 bits per heavy atom. The van der Waals surface area contributed by atoms with Gasteiger partial charge in [0.25, 0.3) is 0 Å². The second kappa shape index (κ2) is 6.15. The van der Waals surface area contributed by atoms with Crippen LogP contribution in [0.1, 0.15) is 33.1 Å². The molecular formula is C20H26O7. The highest BCUT2D eigenvalue weighted by molar-refractivity contribution is 5.91. The molecule has 148 valence electrons. The molecule has 0 unspecified atom stereocenters. The zero-order valence-corrected chi connectivity index (χ0v) is 15.6. The van der Waals surface area contributed by atoms with Gasteiger partial charge in [0.05, 0.1) is 36.4 Å². The lowest BCUT2D eigenvalue weighted by molar-refractivity contribution is -0.202. The molecule has 2 saturated heterocycles. The van der Waals surface area contributed by atoms with E-state index in [4.69, 9.17) is 14.2 Å². The van der Waals surface area contributed by atoms with Crippen LogP contribution in [0.3, 0.4) is 0 Å². The van der Waals surface area contributed by atoms with Crippen molar-refractivity contribution in [2.75, 3.05) is 13.2 Å². The summed E-state index contributed by atoms with van der Waals surface area (Å²) < 4.78 is 17.2. The summed E-state index contributed by atoms with van der Waals surface area (Å²) in [6, 6.07) is 0. The first-order valence-corrected chi connectivity index (χ1v) is 9.46. The van der Waals surface area contributed by atoms with Crippen LogP contribution in [0.15, 0.2) is 23.8 Å². The minimum Gasteiger partial charge on any atom is -0.458 e. The first-order valence-electron chi connectivity index (χ1n) is 9.46. The smallest absolute Gasteiger partial charge is 0.336 e. The van der Waals surface area contributed by atoms with Gasteiger partial charge in [0, 0.05) is 16.9 Å². The largest absolute Gasteiger partial charge is 0.458 e. The molecule has 0 radical (unpaired) electrons. The molecule has 4 aliphatic rings. The molecule has 7 atom stereocenters. The van der Waals surface area contributed by atoms with Crippen LogP contribution in [0, 0.1) is 17.3 Å². The highest BCUT2D eigenvalue weighted by Gasteiger charge is 2.72. The van der Waals surface area contributed by atoms with E-state index in [1.165, 1.54) is 6.08 Å². The van der Waals surface area contributed by atoms with Gasteiger partial charge in [0.15, 0.2) is 0 Å². The molecule has 0 bridgehead atoms. The van der Waals surface area contributed by atoms with Gasteiger partial charge in [-0.25, -0.2) is 9.59 Å². The lowest BCUT2D eigenvalue weighted by Crippen LogP contribution is -2.63. The van der Waals surface area contributed by atoms with Crippen LogP contribution < -0.4 is 0 Å². The summed E-state index contributed by atoms with van der Waals surface area (Å²) >= 11 is 0.